The van der Waals surface area contributed by atoms with Crippen molar-refractivity contribution >= 4 is 17.5 Å². The molecule has 5 nitrogen and oxygen atoms in total. The Hall–Kier alpha value is -1.88. The maximum atomic E-state index is 11.9. The zero-order valence-electron chi connectivity index (χ0n) is 12.4. The van der Waals surface area contributed by atoms with Crippen LogP contribution in [0, 0.1) is 5.92 Å². The van der Waals surface area contributed by atoms with Crippen LogP contribution in [-0.2, 0) is 4.79 Å². The Balaban J connectivity index is 2.62. The SMILES string of the molecule is CC(=O)Nc1ccc(C(=O)NCC(C)(O)C(C)C)cc1. The molecule has 0 spiro atoms. The Morgan fingerprint density at radius 2 is 1.80 bits per heavy atom. The van der Waals surface area contributed by atoms with E-state index in [1.54, 1.807) is 31.2 Å². The summed E-state index contributed by atoms with van der Waals surface area (Å²) >= 11 is 0. The van der Waals surface area contributed by atoms with Gasteiger partial charge in [0.15, 0.2) is 0 Å². The average Bonchev–Trinajstić information content (AvgIpc) is 2.36. The predicted molar refractivity (Wildman–Crippen MR) is 78.5 cm³/mol. The molecular weight excluding hydrogens is 256 g/mol. The van der Waals surface area contributed by atoms with Gasteiger partial charge in [-0.1, -0.05) is 13.8 Å². The van der Waals surface area contributed by atoms with Gasteiger partial charge in [0.25, 0.3) is 5.91 Å². The van der Waals surface area contributed by atoms with E-state index in [9.17, 15) is 14.7 Å². The molecule has 1 unspecified atom stereocenters. The van der Waals surface area contributed by atoms with Crippen LogP contribution in [0.3, 0.4) is 0 Å². The molecule has 0 fully saturated rings. The zero-order valence-corrected chi connectivity index (χ0v) is 12.4. The first-order valence-electron chi connectivity index (χ1n) is 6.60. The molecule has 0 saturated carbocycles. The zero-order chi connectivity index (χ0) is 15.3. The smallest absolute Gasteiger partial charge is 0.251 e. The Morgan fingerprint density at radius 1 is 1.25 bits per heavy atom. The molecule has 0 aliphatic rings. The number of hydrogen-bond acceptors (Lipinski definition) is 3. The first kappa shape index (κ1) is 16.2. The first-order chi connectivity index (χ1) is 9.22. The van der Waals surface area contributed by atoms with E-state index < -0.39 is 5.60 Å². The third-order valence-corrected chi connectivity index (χ3v) is 3.32. The van der Waals surface area contributed by atoms with Gasteiger partial charge in [0.1, 0.15) is 0 Å². The van der Waals surface area contributed by atoms with E-state index in [1.165, 1.54) is 6.92 Å². The Morgan fingerprint density at radius 3 is 2.25 bits per heavy atom. The van der Waals surface area contributed by atoms with Crippen molar-refractivity contribution in [2.45, 2.75) is 33.3 Å². The Labute approximate surface area is 119 Å². The summed E-state index contributed by atoms with van der Waals surface area (Å²) < 4.78 is 0. The minimum absolute atomic E-state index is 0.0462. The fourth-order valence-corrected chi connectivity index (χ4v) is 1.47. The van der Waals surface area contributed by atoms with E-state index in [4.69, 9.17) is 0 Å². The highest BCUT2D eigenvalue weighted by Crippen LogP contribution is 2.15. The summed E-state index contributed by atoms with van der Waals surface area (Å²) in [5, 5.41) is 15.4. The molecule has 0 radical (unpaired) electrons. The predicted octanol–water partition coefficient (Wildman–Crippen LogP) is 1.78. The summed E-state index contributed by atoms with van der Waals surface area (Å²) in [4.78, 5) is 22.8. The van der Waals surface area contributed by atoms with Gasteiger partial charge in [0.2, 0.25) is 5.91 Å². The molecule has 3 N–H and O–H groups in total. The van der Waals surface area contributed by atoms with Crippen LogP contribution in [0.4, 0.5) is 5.69 Å². The number of hydrogen-bond donors (Lipinski definition) is 3. The summed E-state index contributed by atoms with van der Waals surface area (Å²) in [5.74, 6) is -0.361. The van der Waals surface area contributed by atoms with E-state index in [0.29, 0.717) is 11.3 Å². The fraction of sp³-hybridized carbons (Fsp3) is 0.467. The van der Waals surface area contributed by atoms with Gasteiger partial charge in [-0.05, 0) is 37.1 Å². The first-order valence-corrected chi connectivity index (χ1v) is 6.60. The number of amides is 2. The fourth-order valence-electron chi connectivity index (χ4n) is 1.47. The van der Waals surface area contributed by atoms with Crippen molar-refractivity contribution in [2.75, 3.05) is 11.9 Å². The molecule has 1 rings (SSSR count). The monoisotopic (exact) mass is 278 g/mol. The average molecular weight is 278 g/mol. The van der Waals surface area contributed by atoms with Crippen LogP contribution in [0.1, 0.15) is 38.1 Å². The largest absolute Gasteiger partial charge is 0.388 e. The number of rotatable bonds is 5. The molecular formula is C15H22N2O3. The second kappa shape index (κ2) is 6.52. The van der Waals surface area contributed by atoms with Crippen molar-refractivity contribution in [2.24, 2.45) is 5.92 Å². The van der Waals surface area contributed by atoms with Crippen LogP contribution < -0.4 is 10.6 Å². The molecule has 0 aliphatic heterocycles. The molecule has 2 amide bonds. The van der Waals surface area contributed by atoms with Gasteiger partial charge >= 0.3 is 0 Å². The summed E-state index contributed by atoms with van der Waals surface area (Å²) in [6.07, 6.45) is 0. The van der Waals surface area contributed by atoms with E-state index in [2.05, 4.69) is 10.6 Å². The summed E-state index contributed by atoms with van der Waals surface area (Å²) in [5.41, 5.74) is 0.188. The molecule has 0 aromatic heterocycles. The van der Waals surface area contributed by atoms with E-state index in [1.807, 2.05) is 13.8 Å². The quantitative estimate of drug-likeness (QED) is 0.768. The van der Waals surface area contributed by atoms with Gasteiger partial charge in [-0.15, -0.1) is 0 Å². The Kier molecular flexibility index (Phi) is 5.27. The third-order valence-electron chi connectivity index (χ3n) is 3.32. The second-order valence-electron chi connectivity index (χ2n) is 5.45. The number of benzene rings is 1. The van der Waals surface area contributed by atoms with Gasteiger partial charge in [0.05, 0.1) is 5.60 Å². The van der Waals surface area contributed by atoms with Gasteiger partial charge in [0, 0.05) is 24.7 Å². The highest BCUT2D eigenvalue weighted by atomic mass is 16.3. The van der Waals surface area contributed by atoms with Crippen molar-refractivity contribution in [1.82, 2.24) is 5.32 Å². The Bertz CT molecular complexity index is 478. The van der Waals surface area contributed by atoms with Crippen LogP contribution in [0.15, 0.2) is 24.3 Å². The van der Waals surface area contributed by atoms with Crippen LogP contribution in [0.25, 0.3) is 0 Å². The maximum absolute atomic E-state index is 11.9. The molecule has 1 aromatic rings. The third kappa shape index (κ3) is 4.66. The van der Waals surface area contributed by atoms with Crippen LogP contribution >= 0.6 is 0 Å². The topological polar surface area (TPSA) is 78.4 Å². The van der Waals surface area contributed by atoms with Crippen molar-refractivity contribution in [1.29, 1.82) is 0 Å². The van der Waals surface area contributed by atoms with Crippen molar-refractivity contribution in [3.8, 4) is 0 Å². The molecule has 5 heteroatoms. The van der Waals surface area contributed by atoms with E-state index >= 15 is 0 Å². The lowest BCUT2D eigenvalue weighted by Crippen LogP contribution is -2.44. The number of carbonyl (C=O) groups excluding carboxylic acids is 2. The van der Waals surface area contributed by atoms with E-state index in [0.717, 1.165) is 0 Å². The van der Waals surface area contributed by atoms with Crippen LogP contribution in [-0.4, -0.2) is 29.1 Å². The van der Waals surface area contributed by atoms with Crippen molar-refractivity contribution in [3.63, 3.8) is 0 Å². The normalized spacial score (nSPS) is 13.7. The summed E-state index contributed by atoms with van der Waals surface area (Å²) in [6.45, 7) is 7.10. The molecule has 20 heavy (non-hydrogen) atoms. The maximum Gasteiger partial charge on any atom is 0.251 e. The molecule has 0 saturated heterocycles. The van der Waals surface area contributed by atoms with Gasteiger partial charge in [-0.3, -0.25) is 9.59 Å². The molecule has 0 bridgehead atoms. The molecule has 110 valence electrons. The minimum Gasteiger partial charge on any atom is -0.388 e. The summed E-state index contributed by atoms with van der Waals surface area (Å²) in [6, 6.07) is 6.59. The molecule has 1 atom stereocenters. The van der Waals surface area contributed by atoms with Gasteiger partial charge in [-0.2, -0.15) is 0 Å². The molecule has 1 aromatic carbocycles. The lowest BCUT2D eigenvalue weighted by atomic mass is 9.92. The lowest BCUT2D eigenvalue weighted by Gasteiger charge is -2.27. The second-order valence-corrected chi connectivity index (χ2v) is 5.45. The lowest BCUT2D eigenvalue weighted by molar-refractivity contribution is -0.114. The molecule has 0 aliphatic carbocycles. The number of anilines is 1. The standard InChI is InChI=1S/C15H22N2O3/c1-10(2)15(4,20)9-16-14(19)12-5-7-13(8-6-12)17-11(3)18/h5-8,10,20H,9H2,1-4H3,(H,16,19)(H,17,18). The van der Waals surface area contributed by atoms with Crippen molar-refractivity contribution < 1.29 is 14.7 Å². The molecule has 0 heterocycles. The minimum atomic E-state index is -0.939. The van der Waals surface area contributed by atoms with E-state index in [-0.39, 0.29) is 24.3 Å². The highest BCUT2D eigenvalue weighted by molar-refractivity contribution is 5.95. The van der Waals surface area contributed by atoms with Crippen LogP contribution in [0.5, 0.6) is 0 Å². The van der Waals surface area contributed by atoms with Crippen molar-refractivity contribution in [3.05, 3.63) is 29.8 Å². The van der Waals surface area contributed by atoms with Crippen LogP contribution in [0.2, 0.25) is 0 Å². The highest BCUT2D eigenvalue weighted by Gasteiger charge is 2.25. The number of nitrogens with one attached hydrogen (secondary N) is 2. The van der Waals surface area contributed by atoms with Gasteiger partial charge in [-0.25, -0.2) is 0 Å². The number of carbonyl (C=O) groups is 2. The number of aliphatic hydroxyl groups is 1. The van der Waals surface area contributed by atoms with Gasteiger partial charge < -0.3 is 15.7 Å². The summed E-state index contributed by atoms with van der Waals surface area (Å²) in [7, 11) is 0.